The molecule has 0 aliphatic heterocycles. The highest BCUT2D eigenvalue weighted by atomic mass is 16.5. The van der Waals surface area contributed by atoms with Crippen molar-refractivity contribution in [1.82, 2.24) is 15.5 Å². The molecule has 2 aromatic rings. The lowest BCUT2D eigenvalue weighted by Gasteiger charge is -2.29. The first kappa shape index (κ1) is 15.6. The highest BCUT2D eigenvalue weighted by molar-refractivity contribution is 5.87. The van der Waals surface area contributed by atoms with Crippen molar-refractivity contribution in [2.75, 3.05) is 7.11 Å². The Balaban J connectivity index is 1.63. The van der Waals surface area contributed by atoms with Crippen molar-refractivity contribution in [3.63, 3.8) is 0 Å². The van der Waals surface area contributed by atoms with Crippen molar-refractivity contribution < 1.29 is 14.3 Å². The number of hydrogen-bond donors (Lipinski definition) is 2. The van der Waals surface area contributed by atoms with Crippen molar-refractivity contribution >= 4 is 16.8 Å². The van der Waals surface area contributed by atoms with E-state index in [-0.39, 0.29) is 18.1 Å². The van der Waals surface area contributed by atoms with Crippen LogP contribution in [0.1, 0.15) is 39.0 Å². The number of ether oxygens (including phenoxy) is 2. The molecule has 2 N–H and O–H groups in total. The van der Waals surface area contributed by atoms with E-state index in [1.54, 1.807) is 13.3 Å². The molecule has 1 amide bonds. The van der Waals surface area contributed by atoms with Gasteiger partial charge in [-0.2, -0.15) is 5.10 Å². The topological polar surface area (TPSA) is 76.2 Å². The van der Waals surface area contributed by atoms with Gasteiger partial charge in [0, 0.05) is 12.5 Å². The van der Waals surface area contributed by atoms with Gasteiger partial charge in [-0.1, -0.05) is 6.92 Å². The summed E-state index contributed by atoms with van der Waals surface area (Å²) in [4.78, 5) is 11.5. The third-order valence-corrected chi connectivity index (χ3v) is 4.40. The lowest BCUT2D eigenvalue weighted by atomic mass is 9.93. The van der Waals surface area contributed by atoms with Gasteiger partial charge in [-0.3, -0.25) is 9.89 Å². The van der Waals surface area contributed by atoms with E-state index < -0.39 is 0 Å². The average molecular weight is 317 g/mol. The van der Waals surface area contributed by atoms with Crippen molar-refractivity contribution in [2.24, 2.45) is 0 Å². The molecule has 1 aromatic heterocycles. The van der Waals surface area contributed by atoms with E-state index >= 15 is 0 Å². The minimum atomic E-state index is 0.126. The Morgan fingerprint density at radius 3 is 2.83 bits per heavy atom. The second-order valence-corrected chi connectivity index (χ2v) is 5.94. The molecule has 0 atom stereocenters. The van der Waals surface area contributed by atoms with Gasteiger partial charge in [-0.05, 0) is 37.8 Å². The Labute approximate surface area is 135 Å². The zero-order valence-corrected chi connectivity index (χ0v) is 13.6. The number of fused-ring (bicyclic) bond motifs is 1. The first-order valence-electron chi connectivity index (χ1n) is 8.17. The van der Waals surface area contributed by atoms with Crippen LogP contribution in [-0.4, -0.2) is 35.4 Å². The van der Waals surface area contributed by atoms with Gasteiger partial charge in [-0.15, -0.1) is 0 Å². The molecule has 124 valence electrons. The fourth-order valence-electron chi connectivity index (χ4n) is 3.11. The highest BCUT2D eigenvalue weighted by Crippen LogP contribution is 2.36. The molecule has 0 radical (unpaired) electrons. The Hall–Kier alpha value is -2.24. The van der Waals surface area contributed by atoms with Crippen molar-refractivity contribution in [3.05, 3.63) is 18.3 Å². The maximum atomic E-state index is 11.5. The van der Waals surface area contributed by atoms with Crippen LogP contribution in [0.2, 0.25) is 0 Å². The largest absolute Gasteiger partial charge is 0.492 e. The number of carbonyl (C=O) groups is 1. The molecule has 23 heavy (non-hydrogen) atoms. The second-order valence-electron chi connectivity index (χ2n) is 5.94. The maximum absolute atomic E-state index is 11.5. The number of nitrogens with one attached hydrogen (secondary N) is 2. The summed E-state index contributed by atoms with van der Waals surface area (Å²) in [5, 5.41) is 11.0. The Kier molecular flexibility index (Phi) is 4.69. The number of hydrogen-bond acceptors (Lipinski definition) is 4. The van der Waals surface area contributed by atoms with Crippen molar-refractivity contribution in [3.8, 4) is 11.5 Å². The predicted molar refractivity (Wildman–Crippen MR) is 87.8 cm³/mol. The highest BCUT2D eigenvalue weighted by Gasteiger charge is 2.24. The molecule has 1 aliphatic carbocycles. The molecular weight excluding hydrogens is 294 g/mol. The number of aromatic amines is 1. The fourth-order valence-corrected chi connectivity index (χ4v) is 3.11. The summed E-state index contributed by atoms with van der Waals surface area (Å²) in [5.74, 6) is 1.60. The van der Waals surface area contributed by atoms with E-state index in [2.05, 4.69) is 15.5 Å². The monoisotopic (exact) mass is 317 g/mol. The van der Waals surface area contributed by atoms with Crippen molar-refractivity contribution in [1.29, 1.82) is 0 Å². The molecule has 3 rings (SSSR count). The van der Waals surface area contributed by atoms with Crippen LogP contribution in [0.3, 0.4) is 0 Å². The van der Waals surface area contributed by atoms with E-state index in [0.29, 0.717) is 6.42 Å². The standard InChI is InChI=1S/C17H23N3O3/c1-3-16(21)19-11-4-6-12(7-5-11)23-15-9-8-14-13(10-18-20-14)17(15)22-2/h8-12H,3-7H2,1-2H3,(H,18,20)(H,19,21)/t11-,12+. The second kappa shape index (κ2) is 6.89. The molecule has 0 unspecified atom stereocenters. The van der Waals surface area contributed by atoms with Crippen LogP contribution >= 0.6 is 0 Å². The summed E-state index contributed by atoms with van der Waals surface area (Å²) in [5.41, 5.74) is 0.931. The third-order valence-electron chi connectivity index (χ3n) is 4.40. The SMILES string of the molecule is CCC(=O)N[C@H]1CC[C@@H](Oc2ccc3[nH]ncc3c2OC)CC1. The van der Waals surface area contributed by atoms with E-state index in [0.717, 1.165) is 48.1 Å². The van der Waals surface area contributed by atoms with Crippen LogP contribution < -0.4 is 14.8 Å². The van der Waals surface area contributed by atoms with Crippen LogP contribution in [-0.2, 0) is 4.79 Å². The zero-order valence-electron chi connectivity index (χ0n) is 13.6. The predicted octanol–water partition coefficient (Wildman–Crippen LogP) is 2.79. The van der Waals surface area contributed by atoms with Gasteiger partial charge in [0.05, 0.1) is 30.3 Å². The summed E-state index contributed by atoms with van der Waals surface area (Å²) >= 11 is 0. The third kappa shape index (κ3) is 3.41. The molecule has 0 saturated heterocycles. The number of amides is 1. The minimum absolute atomic E-state index is 0.126. The number of rotatable bonds is 5. The summed E-state index contributed by atoms with van der Waals surface area (Å²) in [6, 6.07) is 4.15. The van der Waals surface area contributed by atoms with Crippen molar-refractivity contribution in [2.45, 2.75) is 51.2 Å². The van der Waals surface area contributed by atoms with E-state index in [4.69, 9.17) is 9.47 Å². The zero-order chi connectivity index (χ0) is 16.2. The first-order valence-corrected chi connectivity index (χ1v) is 8.17. The summed E-state index contributed by atoms with van der Waals surface area (Å²) in [6.45, 7) is 1.88. The molecule has 1 fully saturated rings. The van der Waals surface area contributed by atoms with E-state index in [1.807, 2.05) is 19.1 Å². The summed E-state index contributed by atoms with van der Waals surface area (Å²) in [6.07, 6.45) is 6.21. The van der Waals surface area contributed by atoms with Gasteiger partial charge >= 0.3 is 0 Å². The van der Waals surface area contributed by atoms with Crippen LogP contribution in [0.25, 0.3) is 10.9 Å². The van der Waals surface area contributed by atoms with Gasteiger partial charge in [0.1, 0.15) is 0 Å². The molecule has 0 spiro atoms. The lowest BCUT2D eigenvalue weighted by Crippen LogP contribution is -2.39. The van der Waals surface area contributed by atoms with E-state index in [9.17, 15) is 4.79 Å². The van der Waals surface area contributed by atoms with E-state index in [1.165, 1.54) is 0 Å². The number of methoxy groups -OCH3 is 1. The fraction of sp³-hybridized carbons (Fsp3) is 0.529. The van der Waals surface area contributed by atoms with Crippen LogP contribution in [0.5, 0.6) is 11.5 Å². The van der Waals surface area contributed by atoms with Crippen LogP contribution in [0, 0.1) is 0 Å². The van der Waals surface area contributed by atoms with Crippen LogP contribution in [0.4, 0.5) is 0 Å². The summed E-state index contributed by atoms with van der Waals surface area (Å²) in [7, 11) is 1.64. The summed E-state index contributed by atoms with van der Waals surface area (Å²) < 4.78 is 11.7. The Bertz CT molecular complexity index is 675. The molecule has 1 aliphatic rings. The van der Waals surface area contributed by atoms with Crippen LogP contribution in [0.15, 0.2) is 18.3 Å². The maximum Gasteiger partial charge on any atom is 0.219 e. The molecule has 6 nitrogen and oxygen atoms in total. The van der Waals surface area contributed by atoms with Gasteiger partial charge in [0.2, 0.25) is 5.91 Å². The Morgan fingerprint density at radius 1 is 1.35 bits per heavy atom. The van der Waals surface area contributed by atoms with Gasteiger partial charge in [0.15, 0.2) is 11.5 Å². The average Bonchev–Trinajstić information content (AvgIpc) is 3.05. The number of nitrogens with zero attached hydrogens (tertiary/aromatic N) is 1. The number of carbonyl (C=O) groups excluding carboxylic acids is 1. The van der Waals surface area contributed by atoms with Gasteiger partial charge in [0.25, 0.3) is 0 Å². The number of aromatic nitrogens is 2. The molecular formula is C17H23N3O3. The molecule has 1 saturated carbocycles. The molecule has 0 bridgehead atoms. The number of H-pyrrole nitrogens is 1. The quantitative estimate of drug-likeness (QED) is 0.889. The minimum Gasteiger partial charge on any atom is -0.492 e. The normalized spacial score (nSPS) is 21.1. The lowest BCUT2D eigenvalue weighted by molar-refractivity contribution is -0.121. The van der Waals surface area contributed by atoms with Gasteiger partial charge in [-0.25, -0.2) is 0 Å². The molecule has 6 heteroatoms. The molecule has 1 heterocycles. The smallest absolute Gasteiger partial charge is 0.219 e. The Morgan fingerprint density at radius 2 is 2.13 bits per heavy atom. The van der Waals surface area contributed by atoms with Gasteiger partial charge < -0.3 is 14.8 Å². The number of benzene rings is 1. The first-order chi connectivity index (χ1) is 11.2. The molecule has 1 aromatic carbocycles.